The molecule has 2 unspecified atom stereocenters. The van der Waals surface area contributed by atoms with E-state index in [0.29, 0.717) is 24.1 Å². The van der Waals surface area contributed by atoms with Gasteiger partial charge in [0.1, 0.15) is 6.17 Å². The van der Waals surface area contributed by atoms with E-state index in [1.165, 1.54) is 12.2 Å². The van der Waals surface area contributed by atoms with E-state index >= 15 is 0 Å². The third-order valence-electron chi connectivity index (χ3n) is 5.19. The Morgan fingerprint density at radius 1 is 1.14 bits per heavy atom. The summed E-state index contributed by atoms with van der Waals surface area (Å²) in [5.74, 6) is 4.91. The van der Waals surface area contributed by atoms with Crippen LogP contribution in [0.4, 0.5) is 4.39 Å². The minimum Gasteiger partial charge on any atom is -0.352 e. The van der Waals surface area contributed by atoms with Gasteiger partial charge >= 0.3 is 0 Å². The van der Waals surface area contributed by atoms with Crippen molar-refractivity contribution in [2.45, 2.75) is 44.7 Å². The molecule has 0 spiro atoms. The summed E-state index contributed by atoms with van der Waals surface area (Å²) in [6, 6.07) is 6.52. The summed E-state index contributed by atoms with van der Waals surface area (Å²) in [5.41, 5.74) is 0.986. The van der Waals surface area contributed by atoms with Crippen molar-refractivity contribution >= 4 is 17.7 Å². The molecule has 0 aromatic heterocycles. The Kier molecular flexibility index (Phi) is 7.18. The largest absolute Gasteiger partial charge is 0.352 e. The lowest BCUT2D eigenvalue weighted by Gasteiger charge is -2.18. The summed E-state index contributed by atoms with van der Waals surface area (Å²) >= 11 is 0. The molecule has 6 heteroatoms. The standard InChI is InChI=1S/C23H25FN2O3/c24-22(17-7-4-2-1-3-5-8-17)18-9-11-19(12-10-18)23(29)25-15-6-16-26-20(27)13-14-21(26)28/h9-14,17,22H,1-4,6-7,15-16H2,(H,25,29). The van der Waals surface area contributed by atoms with Gasteiger partial charge in [0.25, 0.3) is 17.7 Å². The van der Waals surface area contributed by atoms with Crippen molar-refractivity contribution in [1.82, 2.24) is 10.2 Å². The lowest BCUT2D eigenvalue weighted by atomic mass is 9.90. The molecule has 29 heavy (non-hydrogen) atoms. The number of imide groups is 1. The maximum atomic E-state index is 14.9. The highest BCUT2D eigenvalue weighted by atomic mass is 19.1. The molecule has 1 N–H and O–H groups in total. The summed E-state index contributed by atoms with van der Waals surface area (Å²) in [5, 5.41) is 2.76. The zero-order valence-corrected chi connectivity index (χ0v) is 16.3. The number of carbonyl (C=O) groups excluding carboxylic acids is 3. The number of nitrogens with one attached hydrogen (secondary N) is 1. The van der Waals surface area contributed by atoms with Gasteiger partial charge in [-0.2, -0.15) is 0 Å². The predicted octanol–water partition coefficient (Wildman–Crippen LogP) is 3.33. The maximum absolute atomic E-state index is 14.9. The third-order valence-corrected chi connectivity index (χ3v) is 5.19. The second-order valence-electron chi connectivity index (χ2n) is 7.32. The predicted molar refractivity (Wildman–Crippen MR) is 107 cm³/mol. The van der Waals surface area contributed by atoms with E-state index in [0.717, 1.165) is 37.0 Å². The van der Waals surface area contributed by atoms with Gasteiger partial charge in [-0.3, -0.25) is 19.3 Å². The molecular formula is C23H25FN2O3. The molecule has 152 valence electrons. The second-order valence-corrected chi connectivity index (χ2v) is 7.32. The molecule has 0 saturated carbocycles. The van der Waals surface area contributed by atoms with Gasteiger partial charge in [-0.15, -0.1) is 5.92 Å². The molecule has 0 bridgehead atoms. The smallest absolute Gasteiger partial charge is 0.253 e. The minimum absolute atomic E-state index is 0.260. The van der Waals surface area contributed by atoms with Gasteiger partial charge in [0.15, 0.2) is 0 Å². The fourth-order valence-electron chi connectivity index (χ4n) is 3.49. The first-order chi connectivity index (χ1) is 14.1. The van der Waals surface area contributed by atoms with E-state index in [2.05, 4.69) is 17.2 Å². The Balaban J connectivity index is 1.48. The van der Waals surface area contributed by atoms with Gasteiger partial charge in [0, 0.05) is 37.2 Å². The van der Waals surface area contributed by atoms with Crippen LogP contribution >= 0.6 is 0 Å². The molecule has 1 aliphatic carbocycles. The fourth-order valence-corrected chi connectivity index (χ4v) is 3.49. The first-order valence-electron chi connectivity index (χ1n) is 10.1. The zero-order chi connectivity index (χ0) is 20.6. The lowest BCUT2D eigenvalue weighted by molar-refractivity contribution is -0.136. The summed E-state index contributed by atoms with van der Waals surface area (Å²) in [4.78, 5) is 36.3. The average Bonchev–Trinajstić information content (AvgIpc) is 3.02. The Bertz CT molecular complexity index is 833. The Morgan fingerprint density at radius 2 is 1.86 bits per heavy atom. The number of carbonyl (C=O) groups is 3. The van der Waals surface area contributed by atoms with Gasteiger partial charge in [0.05, 0.1) is 5.92 Å². The van der Waals surface area contributed by atoms with E-state index in [1.807, 2.05) is 0 Å². The number of amides is 3. The maximum Gasteiger partial charge on any atom is 0.253 e. The quantitative estimate of drug-likeness (QED) is 0.437. The summed E-state index contributed by atoms with van der Waals surface area (Å²) < 4.78 is 14.9. The molecule has 0 fully saturated rings. The molecule has 0 radical (unpaired) electrons. The Hall–Kier alpha value is -2.94. The van der Waals surface area contributed by atoms with Crippen LogP contribution in [0.5, 0.6) is 0 Å². The van der Waals surface area contributed by atoms with Crippen molar-refractivity contribution in [3.8, 4) is 11.8 Å². The van der Waals surface area contributed by atoms with Crippen LogP contribution in [-0.2, 0) is 9.59 Å². The van der Waals surface area contributed by atoms with Crippen LogP contribution in [0.3, 0.4) is 0 Å². The first-order valence-corrected chi connectivity index (χ1v) is 10.1. The molecule has 1 heterocycles. The first kappa shape index (κ1) is 20.8. The molecule has 3 rings (SSSR count). The van der Waals surface area contributed by atoms with Crippen LogP contribution in [-0.4, -0.2) is 35.7 Å². The van der Waals surface area contributed by atoms with Gasteiger partial charge in [0.2, 0.25) is 0 Å². The van der Waals surface area contributed by atoms with Crippen LogP contribution in [0.2, 0.25) is 0 Å². The summed E-state index contributed by atoms with van der Waals surface area (Å²) in [7, 11) is 0. The highest BCUT2D eigenvalue weighted by Gasteiger charge is 2.23. The zero-order valence-electron chi connectivity index (χ0n) is 16.3. The number of benzene rings is 1. The number of rotatable bonds is 7. The number of halogens is 1. The number of alkyl halides is 1. The molecule has 0 saturated heterocycles. The van der Waals surface area contributed by atoms with Crippen LogP contribution < -0.4 is 5.32 Å². The van der Waals surface area contributed by atoms with E-state index < -0.39 is 6.17 Å². The molecule has 1 aliphatic heterocycles. The van der Waals surface area contributed by atoms with Crippen molar-refractivity contribution in [3.05, 3.63) is 47.5 Å². The number of hydrogen-bond acceptors (Lipinski definition) is 3. The Labute approximate surface area is 170 Å². The normalized spacial score (nSPS) is 19.9. The van der Waals surface area contributed by atoms with E-state index in [4.69, 9.17) is 0 Å². The fraction of sp³-hybridized carbons (Fsp3) is 0.435. The van der Waals surface area contributed by atoms with Crippen LogP contribution in [0.1, 0.15) is 60.6 Å². The topological polar surface area (TPSA) is 66.5 Å². The van der Waals surface area contributed by atoms with Gasteiger partial charge < -0.3 is 5.32 Å². The molecule has 2 aliphatic rings. The van der Waals surface area contributed by atoms with Gasteiger partial charge in [-0.25, -0.2) is 4.39 Å². The second kappa shape index (κ2) is 10.0. The van der Waals surface area contributed by atoms with Gasteiger partial charge in [-0.1, -0.05) is 30.9 Å². The van der Waals surface area contributed by atoms with E-state index in [1.54, 1.807) is 24.3 Å². The molecule has 1 aromatic carbocycles. The third kappa shape index (κ3) is 5.54. The van der Waals surface area contributed by atoms with Crippen LogP contribution in [0.25, 0.3) is 0 Å². The number of nitrogens with zero attached hydrogens (tertiary/aromatic N) is 1. The van der Waals surface area contributed by atoms with Crippen molar-refractivity contribution in [2.75, 3.05) is 13.1 Å². The highest BCUT2D eigenvalue weighted by Crippen LogP contribution is 2.31. The molecular weight excluding hydrogens is 371 g/mol. The van der Waals surface area contributed by atoms with Crippen molar-refractivity contribution in [1.29, 1.82) is 0 Å². The van der Waals surface area contributed by atoms with Crippen molar-refractivity contribution < 1.29 is 18.8 Å². The van der Waals surface area contributed by atoms with E-state index in [9.17, 15) is 18.8 Å². The van der Waals surface area contributed by atoms with Crippen LogP contribution in [0.15, 0.2) is 36.4 Å². The Morgan fingerprint density at radius 3 is 2.59 bits per heavy atom. The molecule has 3 amide bonds. The molecule has 1 aromatic rings. The van der Waals surface area contributed by atoms with E-state index in [-0.39, 0.29) is 30.2 Å². The average molecular weight is 396 g/mol. The van der Waals surface area contributed by atoms with Crippen LogP contribution in [0, 0.1) is 17.8 Å². The van der Waals surface area contributed by atoms with Gasteiger partial charge in [-0.05, 0) is 37.0 Å². The summed E-state index contributed by atoms with van der Waals surface area (Å²) in [6.07, 6.45) is 6.55. The molecule has 5 nitrogen and oxygen atoms in total. The molecule has 2 atom stereocenters. The van der Waals surface area contributed by atoms with Crippen molar-refractivity contribution in [2.24, 2.45) is 5.92 Å². The van der Waals surface area contributed by atoms with Crippen molar-refractivity contribution in [3.63, 3.8) is 0 Å². The number of hydrogen-bond donors (Lipinski definition) is 1. The lowest BCUT2D eigenvalue weighted by Crippen LogP contribution is -2.33. The summed E-state index contributed by atoms with van der Waals surface area (Å²) in [6.45, 7) is 0.594. The highest BCUT2D eigenvalue weighted by molar-refractivity contribution is 6.12. The SMILES string of the molecule is O=C(NCCCN1C(=O)C=CC1=O)c1ccc(C(F)C2C#CCCCCC2)cc1. The minimum atomic E-state index is -1.15. The monoisotopic (exact) mass is 396 g/mol.